The summed E-state index contributed by atoms with van der Waals surface area (Å²) < 4.78 is 13.2. The number of rotatable bonds is 4. The second-order valence-corrected chi connectivity index (χ2v) is 8.53. The highest BCUT2D eigenvalue weighted by molar-refractivity contribution is 7.80. The van der Waals surface area contributed by atoms with E-state index in [0.29, 0.717) is 23.2 Å². The molecule has 2 bridgehead atoms. The maximum Gasteiger partial charge on any atom is 0.171 e. The average molecular weight is 398 g/mol. The molecule has 0 spiro atoms. The molecule has 0 aliphatic carbocycles. The molecule has 2 atom stereocenters. The SMILES string of the molecule is Cc1ccccc1NC(=S)NC1C[C@H]2CCC[C@H](C1)N2Cc1ccc(F)cc1. The first-order chi connectivity index (χ1) is 13.6. The third kappa shape index (κ3) is 4.53. The van der Waals surface area contributed by atoms with Gasteiger partial charge in [-0.05, 0) is 74.2 Å². The highest BCUT2D eigenvalue weighted by Crippen LogP contribution is 2.35. The van der Waals surface area contributed by atoms with Gasteiger partial charge < -0.3 is 10.6 Å². The van der Waals surface area contributed by atoms with Crippen molar-refractivity contribution in [3.05, 3.63) is 65.5 Å². The van der Waals surface area contributed by atoms with E-state index < -0.39 is 0 Å². The van der Waals surface area contributed by atoms with E-state index in [1.807, 2.05) is 24.3 Å². The number of nitrogens with one attached hydrogen (secondary N) is 2. The van der Waals surface area contributed by atoms with E-state index in [-0.39, 0.29) is 5.82 Å². The van der Waals surface area contributed by atoms with Gasteiger partial charge in [0.1, 0.15) is 5.82 Å². The number of nitrogens with zero attached hydrogens (tertiary/aromatic N) is 1. The zero-order valence-electron chi connectivity index (χ0n) is 16.3. The van der Waals surface area contributed by atoms with Crippen molar-refractivity contribution in [3.63, 3.8) is 0 Å². The van der Waals surface area contributed by atoms with Crippen LogP contribution in [-0.2, 0) is 6.54 Å². The molecule has 148 valence electrons. The van der Waals surface area contributed by atoms with E-state index >= 15 is 0 Å². The van der Waals surface area contributed by atoms with E-state index in [9.17, 15) is 4.39 Å². The van der Waals surface area contributed by atoms with Crippen LogP contribution in [0, 0.1) is 12.7 Å². The van der Waals surface area contributed by atoms with Gasteiger partial charge in [0.25, 0.3) is 0 Å². The highest BCUT2D eigenvalue weighted by atomic mass is 32.1. The van der Waals surface area contributed by atoms with Gasteiger partial charge in [0.2, 0.25) is 0 Å². The Bertz CT molecular complexity index is 809. The van der Waals surface area contributed by atoms with E-state index in [2.05, 4.69) is 34.6 Å². The lowest BCUT2D eigenvalue weighted by Gasteiger charge is -2.49. The minimum atomic E-state index is -0.165. The Morgan fingerprint density at radius 3 is 2.43 bits per heavy atom. The molecule has 0 radical (unpaired) electrons. The molecule has 2 saturated heterocycles. The van der Waals surface area contributed by atoms with Crippen molar-refractivity contribution in [2.24, 2.45) is 0 Å². The first kappa shape index (κ1) is 19.3. The number of anilines is 1. The number of halogens is 1. The van der Waals surface area contributed by atoms with Crippen molar-refractivity contribution in [2.75, 3.05) is 5.32 Å². The van der Waals surface area contributed by atoms with Crippen LogP contribution in [0.4, 0.5) is 10.1 Å². The Kier molecular flexibility index (Phi) is 5.93. The summed E-state index contributed by atoms with van der Waals surface area (Å²) in [6.45, 7) is 3.00. The molecule has 3 nitrogen and oxygen atoms in total. The summed E-state index contributed by atoms with van der Waals surface area (Å²) in [6.07, 6.45) is 5.97. The first-order valence-electron chi connectivity index (χ1n) is 10.2. The number of thiocarbonyl (C=S) groups is 1. The van der Waals surface area contributed by atoms with Crippen molar-refractivity contribution < 1.29 is 4.39 Å². The molecule has 4 rings (SSSR count). The summed E-state index contributed by atoms with van der Waals surface area (Å²) >= 11 is 5.58. The fraction of sp³-hybridized carbons (Fsp3) is 0.435. The Balaban J connectivity index is 1.37. The van der Waals surface area contributed by atoms with Gasteiger partial charge in [-0.3, -0.25) is 4.90 Å². The molecular weight excluding hydrogens is 369 g/mol. The first-order valence-corrected chi connectivity index (χ1v) is 10.6. The largest absolute Gasteiger partial charge is 0.360 e. The van der Waals surface area contributed by atoms with Crippen molar-refractivity contribution >= 4 is 23.0 Å². The number of fused-ring (bicyclic) bond motifs is 2. The zero-order chi connectivity index (χ0) is 19.5. The van der Waals surface area contributed by atoms with Crippen LogP contribution < -0.4 is 10.6 Å². The Morgan fingerprint density at radius 2 is 1.75 bits per heavy atom. The smallest absolute Gasteiger partial charge is 0.171 e. The molecule has 2 heterocycles. The van der Waals surface area contributed by atoms with Crippen molar-refractivity contribution in [1.29, 1.82) is 0 Å². The molecule has 2 fully saturated rings. The van der Waals surface area contributed by atoms with Crippen LogP contribution in [0.5, 0.6) is 0 Å². The third-order valence-electron chi connectivity index (χ3n) is 6.13. The second-order valence-electron chi connectivity index (χ2n) is 8.12. The quantitative estimate of drug-likeness (QED) is 0.710. The minimum absolute atomic E-state index is 0.165. The lowest BCUT2D eigenvalue weighted by atomic mass is 9.81. The molecule has 2 aromatic rings. The molecular formula is C23H28FN3S. The molecule has 5 heteroatoms. The van der Waals surface area contributed by atoms with Crippen LogP contribution in [0.3, 0.4) is 0 Å². The number of benzene rings is 2. The summed E-state index contributed by atoms with van der Waals surface area (Å²) in [4.78, 5) is 2.63. The summed E-state index contributed by atoms with van der Waals surface area (Å²) in [5, 5.41) is 7.62. The lowest BCUT2D eigenvalue weighted by molar-refractivity contribution is 0.0211. The normalized spacial score (nSPS) is 24.6. The van der Waals surface area contributed by atoms with Crippen LogP contribution in [0.25, 0.3) is 0 Å². The van der Waals surface area contributed by atoms with Gasteiger partial charge in [-0.15, -0.1) is 0 Å². The predicted octanol–water partition coefficient (Wildman–Crippen LogP) is 5.01. The minimum Gasteiger partial charge on any atom is -0.360 e. The molecule has 2 N–H and O–H groups in total. The van der Waals surface area contributed by atoms with Crippen LogP contribution in [-0.4, -0.2) is 28.1 Å². The van der Waals surface area contributed by atoms with Crippen molar-refractivity contribution in [2.45, 2.75) is 63.7 Å². The lowest BCUT2D eigenvalue weighted by Crippen LogP contribution is -2.56. The topological polar surface area (TPSA) is 27.3 Å². The maximum atomic E-state index is 13.2. The fourth-order valence-corrected chi connectivity index (χ4v) is 4.99. The van der Waals surface area contributed by atoms with Gasteiger partial charge in [-0.1, -0.05) is 36.8 Å². The summed E-state index contributed by atoms with van der Waals surface area (Å²) in [5.74, 6) is -0.165. The van der Waals surface area contributed by atoms with Crippen molar-refractivity contribution in [1.82, 2.24) is 10.2 Å². The van der Waals surface area contributed by atoms with Crippen LogP contribution in [0.1, 0.15) is 43.2 Å². The van der Waals surface area contributed by atoms with Crippen LogP contribution in [0.2, 0.25) is 0 Å². The predicted molar refractivity (Wildman–Crippen MR) is 117 cm³/mol. The van der Waals surface area contributed by atoms with Crippen molar-refractivity contribution in [3.8, 4) is 0 Å². The molecule has 0 saturated carbocycles. The number of aryl methyl sites for hydroxylation is 1. The number of piperidine rings is 2. The summed E-state index contributed by atoms with van der Waals surface area (Å²) in [5.41, 5.74) is 3.45. The molecule has 0 unspecified atom stereocenters. The second kappa shape index (κ2) is 8.58. The number of hydrogen-bond donors (Lipinski definition) is 2. The standard InChI is InChI=1S/C23H28FN3S/c1-16-5-2-3-8-22(16)26-23(28)25-19-13-20-6-4-7-21(14-19)27(20)15-17-9-11-18(24)12-10-17/h2-3,5,8-12,19-21H,4,6-7,13-15H2,1H3,(H2,25,26,28)/t20-,21-/m1/s1. The maximum absolute atomic E-state index is 13.2. The summed E-state index contributed by atoms with van der Waals surface area (Å²) in [7, 11) is 0. The molecule has 28 heavy (non-hydrogen) atoms. The van der Waals surface area contributed by atoms with Gasteiger partial charge in [0, 0.05) is 30.4 Å². The van der Waals surface area contributed by atoms with Gasteiger partial charge in [-0.25, -0.2) is 4.39 Å². The molecule has 0 aromatic heterocycles. The number of hydrogen-bond acceptors (Lipinski definition) is 2. The Labute approximate surface area is 172 Å². The van der Waals surface area contributed by atoms with E-state index in [1.54, 1.807) is 12.1 Å². The Morgan fingerprint density at radius 1 is 1.07 bits per heavy atom. The third-order valence-corrected chi connectivity index (χ3v) is 6.35. The van der Waals surface area contributed by atoms with Gasteiger partial charge in [-0.2, -0.15) is 0 Å². The van der Waals surface area contributed by atoms with Gasteiger partial charge >= 0.3 is 0 Å². The average Bonchev–Trinajstić information content (AvgIpc) is 2.66. The van der Waals surface area contributed by atoms with E-state index in [0.717, 1.165) is 25.1 Å². The Hall–Kier alpha value is -1.98. The van der Waals surface area contributed by atoms with E-state index in [4.69, 9.17) is 12.2 Å². The van der Waals surface area contributed by atoms with Crippen LogP contribution in [0.15, 0.2) is 48.5 Å². The fourth-order valence-electron chi connectivity index (χ4n) is 4.71. The number of para-hydroxylation sites is 1. The van der Waals surface area contributed by atoms with Crippen LogP contribution >= 0.6 is 12.2 Å². The van der Waals surface area contributed by atoms with Gasteiger partial charge in [0.05, 0.1) is 0 Å². The molecule has 2 aromatic carbocycles. The van der Waals surface area contributed by atoms with E-state index in [1.165, 1.54) is 30.4 Å². The monoisotopic (exact) mass is 397 g/mol. The molecule has 2 aliphatic heterocycles. The zero-order valence-corrected chi connectivity index (χ0v) is 17.1. The highest BCUT2D eigenvalue weighted by Gasteiger charge is 2.38. The van der Waals surface area contributed by atoms with Gasteiger partial charge in [0.15, 0.2) is 5.11 Å². The molecule has 2 aliphatic rings. The molecule has 0 amide bonds. The summed E-state index contributed by atoms with van der Waals surface area (Å²) in [6, 6.07) is 16.7.